The largest absolute Gasteiger partial charge is 0.357 e. The van der Waals surface area contributed by atoms with E-state index in [0.29, 0.717) is 5.88 Å². The Balaban J connectivity index is 1.60. The van der Waals surface area contributed by atoms with Gasteiger partial charge in [0, 0.05) is 32.2 Å². The van der Waals surface area contributed by atoms with Crippen LogP contribution >= 0.6 is 11.6 Å². The Kier molecular flexibility index (Phi) is 4.75. The fourth-order valence-electron chi connectivity index (χ4n) is 3.90. The van der Waals surface area contributed by atoms with Gasteiger partial charge < -0.3 is 9.80 Å². The summed E-state index contributed by atoms with van der Waals surface area (Å²) in [5.74, 6) is 2.66. The summed E-state index contributed by atoms with van der Waals surface area (Å²) in [7, 11) is 2.04. The Hall–Kier alpha value is -0.740. The van der Waals surface area contributed by atoms with E-state index in [2.05, 4.69) is 21.8 Å². The van der Waals surface area contributed by atoms with Crippen molar-refractivity contribution in [3.63, 3.8) is 0 Å². The number of anilines is 1. The summed E-state index contributed by atoms with van der Waals surface area (Å²) in [6, 6.07) is 0. The second-order valence-corrected chi connectivity index (χ2v) is 6.85. The van der Waals surface area contributed by atoms with Crippen molar-refractivity contribution in [2.24, 2.45) is 13.0 Å². The first kappa shape index (κ1) is 15.2. The van der Waals surface area contributed by atoms with Crippen molar-refractivity contribution in [3.05, 3.63) is 11.3 Å². The van der Waals surface area contributed by atoms with Crippen LogP contribution in [0.25, 0.3) is 0 Å². The second kappa shape index (κ2) is 6.57. The Bertz CT molecular complexity index is 471. The van der Waals surface area contributed by atoms with Crippen molar-refractivity contribution >= 4 is 17.4 Å². The van der Waals surface area contributed by atoms with E-state index in [1.807, 2.05) is 11.7 Å². The minimum atomic E-state index is 0.558. The predicted octanol–water partition coefficient (Wildman–Crippen LogP) is 2.78. The van der Waals surface area contributed by atoms with Gasteiger partial charge in [-0.25, -0.2) is 0 Å². The van der Waals surface area contributed by atoms with Crippen molar-refractivity contribution in [1.29, 1.82) is 0 Å². The highest BCUT2D eigenvalue weighted by molar-refractivity contribution is 6.17. The lowest BCUT2D eigenvalue weighted by Crippen LogP contribution is -2.39. The number of hydrogen-bond acceptors (Lipinski definition) is 3. The highest BCUT2D eigenvalue weighted by atomic mass is 35.5. The lowest BCUT2D eigenvalue weighted by Gasteiger charge is -2.35. The molecule has 3 heterocycles. The summed E-state index contributed by atoms with van der Waals surface area (Å²) in [6.07, 6.45) is 5.38. The highest BCUT2D eigenvalue weighted by Gasteiger charge is 2.26. The summed E-state index contributed by atoms with van der Waals surface area (Å²) >= 11 is 6.13. The number of alkyl halides is 1. The maximum atomic E-state index is 6.13. The van der Waals surface area contributed by atoms with Crippen LogP contribution in [0.2, 0.25) is 0 Å². The van der Waals surface area contributed by atoms with E-state index < -0.39 is 0 Å². The van der Waals surface area contributed by atoms with Crippen LogP contribution in [-0.4, -0.2) is 47.4 Å². The second-order valence-electron chi connectivity index (χ2n) is 6.58. The molecule has 2 aliphatic heterocycles. The molecule has 0 unspecified atom stereocenters. The van der Waals surface area contributed by atoms with Crippen LogP contribution in [0.3, 0.4) is 0 Å². The average molecular weight is 311 g/mol. The van der Waals surface area contributed by atoms with Gasteiger partial charge in [-0.15, -0.1) is 11.6 Å². The number of aryl methyl sites for hydroxylation is 2. The lowest BCUT2D eigenvalue weighted by atomic mass is 9.96. The van der Waals surface area contributed by atoms with Gasteiger partial charge >= 0.3 is 0 Å². The molecule has 0 bridgehead atoms. The Labute approximate surface area is 133 Å². The first-order chi connectivity index (χ1) is 10.2. The van der Waals surface area contributed by atoms with Gasteiger partial charge in [0.1, 0.15) is 5.82 Å². The molecular formula is C16H27ClN4. The number of rotatable bonds is 4. The Morgan fingerprint density at radius 1 is 1.14 bits per heavy atom. The highest BCUT2D eigenvalue weighted by Crippen LogP contribution is 2.29. The monoisotopic (exact) mass is 310 g/mol. The van der Waals surface area contributed by atoms with Gasteiger partial charge in [0.15, 0.2) is 0 Å². The third kappa shape index (κ3) is 3.21. The van der Waals surface area contributed by atoms with Crippen molar-refractivity contribution < 1.29 is 0 Å². The van der Waals surface area contributed by atoms with Crippen LogP contribution in [0.15, 0.2) is 0 Å². The van der Waals surface area contributed by atoms with Crippen LogP contribution in [-0.2, 0) is 12.9 Å². The smallest absolute Gasteiger partial charge is 0.131 e. The zero-order valence-electron chi connectivity index (χ0n) is 13.3. The number of nitrogens with zero attached hydrogens (tertiary/aromatic N) is 4. The van der Waals surface area contributed by atoms with Gasteiger partial charge in [-0.05, 0) is 51.6 Å². The number of halogens is 1. The standard InChI is InChI=1S/C16H27ClN4/c1-13-15(11-17)16(19(2)18-13)21-9-5-14(6-10-21)12-20-7-3-4-8-20/h14H,3-12H2,1-2H3. The first-order valence-electron chi connectivity index (χ1n) is 8.24. The molecule has 0 N–H and O–H groups in total. The fourth-order valence-corrected chi connectivity index (χ4v) is 4.21. The van der Waals surface area contributed by atoms with E-state index in [0.717, 1.165) is 24.7 Å². The van der Waals surface area contributed by atoms with Gasteiger partial charge in [-0.3, -0.25) is 4.68 Å². The molecule has 0 aliphatic carbocycles. The topological polar surface area (TPSA) is 24.3 Å². The molecule has 2 saturated heterocycles. The molecule has 0 saturated carbocycles. The predicted molar refractivity (Wildman–Crippen MR) is 88.1 cm³/mol. The number of likely N-dealkylation sites (tertiary alicyclic amines) is 1. The number of aromatic nitrogens is 2. The molecule has 4 nitrogen and oxygen atoms in total. The zero-order valence-corrected chi connectivity index (χ0v) is 14.1. The molecule has 118 valence electrons. The molecule has 1 aromatic heterocycles. The van der Waals surface area contributed by atoms with Crippen LogP contribution in [0.4, 0.5) is 5.82 Å². The quantitative estimate of drug-likeness (QED) is 0.799. The van der Waals surface area contributed by atoms with Crippen LogP contribution < -0.4 is 4.90 Å². The van der Waals surface area contributed by atoms with Crippen LogP contribution in [0, 0.1) is 12.8 Å². The van der Waals surface area contributed by atoms with Gasteiger partial charge in [0.2, 0.25) is 0 Å². The van der Waals surface area contributed by atoms with Crippen LogP contribution in [0.5, 0.6) is 0 Å². The van der Waals surface area contributed by atoms with Crippen molar-refractivity contribution in [1.82, 2.24) is 14.7 Å². The third-order valence-electron chi connectivity index (χ3n) is 5.08. The van der Waals surface area contributed by atoms with E-state index in [-0.39, 0.29) is 0 Å². The summed E-state index contributed by atoms with van der Waals surface area (Å²) < 4.78 is 2.01. The van der Waals surface area contributed by atoms with Gasteiger partial charge in [0.25, 0.3) is 0 Å². The maximum Gasteiger partial charge on any atom is 0.131 e. The zero-order chi connectivity index (χ0) is 14.8. The molecule has 3 rings (SSSR count). The molecule has 0 aromatic carbocycles. The van der Waals surface area contributed by atoms with E-state index in [1.54, 1.807) is 0 Å². The van der Waals surface area contributed by atoms with E-state index in [1.165, 1.54) is 56.7 Å². The first-order valence-corrected chi connectivity index (χ1v) is 8.78. The van der Waals surface area contributed by atoms with E-state index >= 15 is 0 Å². The lowest BCUT2D eigenvalue weighted by molar-refractivity contribution is 0.249. The molecule has 0 radical (unpaired) electrons. The van der Waals surface area contributed by atoms with Crippen molar-refractivity contribution in [3.8, 4) is 0 Å². The van der Waals surface area contributed by atoms with E-state index in [4.69, 9.17) is 11.6 Å². The normalized spacial score (nSPS) is 21.4. The van der Waals surface area contributed by atoms with Crippen molar-refractivity contribution in [2.45, 2.75) is 38.5 Å². The molecule has 0 atom stereocenters. The molecule has 2 aliphatic rings. The Morgan fingerprint density at radius 3 is 2.43 bits per heavy atom. The van der Waals surface area contributed by atoms with Crippen LogP contribution in [0.1, 0.15) is 36.9 Å². The minimum absolute atomic E-state index is 0.558. The van der Waals surface area contributed by atoms with Gasteiger partial charge in [-0.2, -0.15) is 5.10 Å². The molecule has 1 aromatic rings. The van der Waals surface area contributed by atoms with E-state index in [9.17, 15) is 0 Å². The summed E-state index contributed by atoms with van der Waals surface area (Å²) in [6.45, 7) is 8.28. The molecule has 0 spiro atoms. The van der Waals surface area contributed by atoms with Gasteiger partial charge in [0.05, 0.1) is 11.6 Å². The van der Waals surface area contributed by atoms with Crippen molar-refractivity contribution in [2.75, 3.05) is 37.6 Å². The minimum Gasteiger partial charge on any atom is -0.357 e. The molecule has 0 amide bonds. The molecule has 21 heavy (non-hydrogen) atoms. The average Bonchev–Trinajstić information content (AvgIpc) is 3.07. The summed E-state index contributed by atoms with van der Waals surface area (Å²) in [4.78, 5) is 5.14. The number of piperidine rings is 1. The number of hydrogen-bond donors (Lipinski definition) is 0. The van der Waals surface area contributed by atoms with Gasteiger partial charge in [-0.1, -0.05) is 0 Å². The fraction of sp³-hybridized carbons (Fsp3) is 0.812. The Morgan fingerprint density at radius 2 is 1.81 bits per heavy atom. The third-order valence-corrected chi connectivity index (χ3v) is 5.34. The SMILES string of the molecule is Cc1nn(C)c(N2CCC(CN3CCCC3)CC2)c1CCl. The summed E-state index contributed by atoms with van der Waals surface area (Å²) in [5.41, 5.74) is 2.28. The maximum absolute atomic E-state index is 6.13. The molecule has 2 fully saturated rings. The molecular weight excluding hydrogens is 284 g/mol. The summed E-state index contributed by atoms with van der Waals surface area (Å²) in [5, 5.41) is 4.54. The molecule has 5 heteroatoms.